The van der Waals surface area contributed by atoms with Crippen molar-refractivity contribution in [1.82, 2.24) is 31.9 Å². The quantitative estimate of drug-likeness (QED) is 0.0165. The van der Waals surface area contributed by atoms with E-state index in [0.29, 0.717) is 29.5 Å². The van der Waals surface area contributed by atoms with Gasteiger partial charge in [0, 0.05) is 74.5 Å². The van der Waals surface area contributed by atoms with Crippen molar-refractivity contribution in [3.63, 3.8) is 0 Å². The highest BCUT2D eigenvalue weighted by molar-refractivity contribution is 6.46. The fourth-order valence-corrected chi connectivity index (χ4v) is 9.00. The summed E-state index contributed by atoms with van der Waals surface area (Å²) in [6.07, 6.45) is 0.867. The SMILES string of the molecule is CCC(=O)N[C@H](CC(N)=O)B(O)O.CCCC(=O)N[C@H](CC(N)=O)B(O)O.NC(=O)C[C@@H](NC(=O)CCCc1ccccc1)B(O)O.NC(=O)C[C@@H](NC(=O)c1ccc(-c2ccccc2)cc1)B(O)O.NC(=O)C[C@@H](NC(=O)c1ccc2ccccc2c1)B(O)O.NC(=O)C[C@@H](NC(=O)c1ccccc1)B(O)O. The van der Waals surface area contributed by atoms with Gasteiger partial charge in [-0.25, -0.2) is 0 Å². The lowest BCUT2D eigenvalue weighted by molar-refractivity contribution is -0.123. The minimum absolute atomic E-state index is 0.210. The molecule has 0 heterocycles. The summed E-state index contributed by atoms with van der Waals surface area (Å²) in [4.78, 5) is 133. The summed E-state index contributed by atoms with van der Waals surface area (Å²) >= 11 is 0. The highest BCUT2D eigenvalue weighted by Crippen LogP contribution is 2.20. The molecule has 0 fully saturated rings. The normalized spacial score (nSPS) is 11.8. The summed E-state index contributed by atoms with van der Waals surface area (Å²) in [5, 5.41) is 124. The lowest BCUT2D eigenvalue weighted by Gasteiger charge is -2.16. The smallest absolute Gasteiger partial charge is 0.426 e. The lowest BCUT2D eigenvalue weighted by Crippen LogP contribution is -2.48. The molecule has 6 aromatic carbocycles. The Balaban J connectivity index is 0.000000656. The van der Waals surface area contributed by atoms with Crippen LogP contribution in [0.1, 0.15) is 121 Å². The van der Waals surface area contributed by atoms with E-state index in [1.165, 1.54) is 0 Å². The van der Waals surface area contributed by atoms with Crippen molar-refractivity contribution >= 4 is 124 Å². The Morgan fingerprint density at radius 3 is 0.954 bits per heavy atom. The first-order valence-electron chi connectivity index (χ1n) is 33.3. The van der Waals surface area contributed by atoms with Crippen LogP contribution in [0.4, 0.5) is 0 Å². The molecule has 0 saturated heterocycles. The van der Waals surface area contributed by atoms with Gasteiger partial charge < -0.3 is 127 Å². The molecule has 0 radical (unpaired) electrons. The first kappa shape index (κ1) is 95.1. The highest BCUT2D eigenvalue weighted by Gasteiger charge is 2.32. The largest absolute Gasteiger partial charge is 0.476 e. The van der Waals surface area contributed by atoms with Gasteiger partial charge in [-0.2, -0.15) is 0 Å². The van der Waals surface area contributed by atoms with Crippen LogP contribution in [0.2, 0.25) is 0 Å². The maximum absolute atomic E-state index is 12.1. The number of carbonyl (C=O) groups is 12. The average Bonchev–Trinajstić information content (AvgIpc) is 0.835. The van der Waals surface area contributed by atoms with Gasteiger partial charge in [-0.05, 0) is 83.1 Å². The van der Waals surface area contributed by atoms with E-state index in [9.17, 15) is 67.6 Å². The minimum atomic E-state index is -1.87. The van der Waals surface area contributed by atoms with Gasteiger partial charge >= 0.3 is 42.7 Å². The minimum Gasteiger partial charge on any atom is -0.426 e. The second-order valence-electron chi connectivity index (χ2n) is 23.6. The Bertz CT molecular complexity index is 3790. The van der Waals surface area contributed by atoms with Crippen LogP contribution >= 0.6 is 0 Å². The number of hydrogen-bond donors (Lipinski definition) is 24. The van der Waals surface area contributed by atoms with Crippen LogP contribution in [0.3, 0.4) is 0 Å². The van der Waals surface area contributed by atoms with Crippen molar-refractivity contribution in [2.24, 2.45) is 34.4 Å². The van der Waals surface area contributed by atoms with Crippen LogP contribution in [0.25, 0.3) is 21.9 Å². The van der Waals surface area contributed by atoms with Gasteiger partial charge in [0.15, 0.2) is 0 Å². The number of benzene rings is 6. The second-order valence-corrected chi connectivity index (χ2v) is 23.6. The fourth-order valence-electron chi connectivity index (χ4n) is 9.00. The summed E-state index contributed by atoms with van der Waals surface area (Å²) < 4.78 is 0. The summed E-state index contributed by atoms with van der Waals surface area (Å²) in [5.74, 6) is -13.3. The fraction of sp³-hybridized carbons (Fsp3) is 0.303. The Morgan fingerprint density at radius 1 is 0.315 bits per heavy atom. The van der Waals surface area contributed by atoms with Crippen LogP contribution in [0.15, 0.2) is 158 Å². The maximum atomic E-state index is 12.1. The van der Waals surface area contributed by atoms with Gasteiger partial charge in [-0.15, -0.1) is 0 Å². The molecule has 0 aliphatic heterocycles. The van der Waals surface area contributed by atoms with Gasteiger partial charge in [0.2, 0.25) is 53.2 Å². The third kappa shape index (κ3) is 41.7. The molecule has 6 aromatic rings. The van der Waals surface area contributed by atoms with Crippen LogP contribution in [-0.2, 0) is 49.6 Å². The molecule has 0 unspecified atom stereocenters. The molecule has 0 aliphatic carbocycles. The Morgan fingerprint density at radius 2 is 0.602 bits per heavy atom. The number of hydrogen-bond acceptors (Lipinski definition) is 24. The van der Waals surface area contributed by atoms with Crippen molar-refractivity contribution in [2.75, 3.05) is 0 Å². The lowest BCUT2D eigenvalue weighted by atomic mass is 9.77. The monoisotopic (exact) mass is 1500 g/mol. The topological polar surface area (TPSA) is 676 Å². The zero-order chi connectivity index (χ0) is 81.6. The number of rotatable bonds is 35. The first-order valence-corrected chi connectivity index (χ1v) is 33.3. The number of fused-ring (bicyclic) bond motifs is 1. The van der Waals surface area contributed by atoms with E-state index in [1.54, 1.807) is 79.7 Å². The van der Waals surface area contributed by atoms with Gasteiger partial charge in [0.25, 0.3) is 17.7 Å². The van der Waals surface area contributed by atoms with Gasteiger partial charge in [-0.3, -0.25) is 57.5 Å². The zero-order valence-electron chi connectivity index (χ0n) is 59.2. The summed E-state index contributed by atoms with van der Waals surface area (Å²) in [6, 6.07) is 47.2. The van der Waals surface area contributed by atoms with Gasteiger partial charge in [0.1, 0.15) is 0 Å². The second kappa shape index (κ2) is 52.2. The molecule has 0 spiro atoms. The van der Waals surface area contributed by atoms with E-state index >= 15 is 0 Å². The third-order valence-electron chi connectivity index (χ3n) is 14.5. The van der Waals surface area contributed by atoms with Crippen LogP contribution in [-0.4, -0.2) is 210 Å². The molecule has 6 atom stereocenters. The van der Waals surface area contributed by atoms with Crippen molar-refractivity contribution in [1.29, 1.82) is 0 Å². The third-order valence-corrected chi connectivity index (χ3v) is 14.5. The standard InChI is InChI=1S/C16H17BN2O4.C14H15BN2O4.C13H19BN2O4.C10H13BN2O4.C7H15BN2O4.C6H13BN2O4/c18-15(20)10-14(17(22)23)19-16(21)13-8-6-12(7-9-13)11-4-2-1-3-5-11;16-13(18)8-12(15(20)21)17-14(19)11-6-5-9-3-1-2-4-10(9)7-11;15-12(17)9-11(14(19)20)16-13(18)8-4-7-10-5-2-1-3-6-10;12-9(14)6-8(11(16)17)13-10(15)7-4-2-1-3-5-7;1-2-3-7(12)10-5(8(13)14)4-6(9)11;1-2-6(11)9-4(7(12)13)3-5(8)10/h1-9,14,22-23H,10H2,(H2,18,20)(H,19,21);1-7,12,20-21H,8H2,(H2,16,18)(H,17,19);1-3,5-6,11,19-20H,4,7-9H2,(H2,15,17)(H,16,18);1-5,8,16-17H,6H2,(H2,12,14)(H,13,15);5,13-14H,2-4H2,1H3,(H2,9,11)(H,10,12);4,12-13H,2-3H2,1H3,(H2,8,10)(H,9,11)/t14-;12-;11-;8-;5-;4-/m111111/s1. The van der Waals surface area contributed by atoms with E-state index in [-0.39, 0.29) is 75.5 Å². The van der Waals surface area contributed by atoms with Crippen molar-refractivity contribution in [3.05, 3.63) is 180 Å². The Hall–Kier alpha value is -10.9. The molecular formula is C66H92B6N12O24. The van der Waals surface area contributed by atoms with E-state index in [2.05, 4.69) is 31.9 Å². The number of amides is 12. The zero-order valence-corrected chi connectivity index (χ0v) is 59.2. The van der Waals surface area contributed by atoms with E-state index in [4.69, 9.17) is 84.6 Å². The van der Waals surface area contributed by atoms with Crippen molar-refractivity contribution < 1.29 is 118 Å². The number of carbonyl (C=O) groups excluding carboxylic acids is 12. The molecule has 36 nitrogen and oxygen atoms in total. The molecule has 42 heteroatoms. The molecule has 0 saturated carbocycles. The molecule has 6 rings (SSSR count). The summed E-state index contributed by atoms with van der Waals surface area (Å²) in [7, 11) is -10.9. The van der Waals surface area contributed by atoms with E-state index in [0.717, 1.165) is 33.9 Å². The summed E-state index contributed by atoms with van der Waals surface area (Å²) in [6.45, 7) is 3.43. The highest BCUT2D eigenvalue weighted by atomic mass is 16.4. The predicted octanol–water partition coefficient (Wildman–Crippen LogP) is -5.85. The summed E-state index contributed by atoms with van der Waals surface area (Å²) in [5.41, 5.74) is 33.8. The molecular weight excluding hydrogens is 1410 g/mol. The Kier molecular flexibility index (Phi) is 46.0. The molecule has 108 heavy (non-hydrogen) atoms. The number of aryl methyl sites for hydroxylation is 1. The molecule has 578 valence electrons. The predicted molar refractivity (Wildman–Crippen MR) is 400 cm³/mol. The molecule has 12 amide bonds. The van der Waals surface area contributed by atoms with Gasteiger partial charge in [-0.1, -0.05) is 135 Å². The Labute approximate surface area is 623 Å². The average molecular weight is 1500 g/mol. The number of nitrogens with one attached hydrogen (secondary N) is 6. The molecule has 0 bridgehead atoms. The number of primary amides is 6. The van der Waals surface area contributed by atoms with Crippen LogP contribution in [0, 0.1) is 0 Å². The van der Waals surface area contributed by atoms with Crippen molar-refractivity contribution in [2.45, 2.75) is 127 Å². The van der Waals surface area contributed by atoms with Crippen molar-refractivity contribution in [3.8, 4) is 11.1 Å². The first-order chi connectivity index (χ1) is 50.9. The van der Waals surface area contributed by atoms with Crippen LogP contribution in [0.5, 0.6) is 0 Å². The molecule has 0 aliphatic rings. The maximum Gasteiger partial charge on any atom is 0.476 e. The van der Waals surface area contributed by atoms with E-state index in [1.807, 2.05) is 91.9 Å². The molecule has 0 aromatic heterocycles. The van der Waals surface area contributed by atoms with Crippen LogP contribution < -0.4 is 66.3 Å². The molecule has 30 N–H and O–H groups in total. The van der Waals surface area contributed by atoms with Gasteiger partial charge in [0.05, 0.1) is 35.6 Å². The van der Waals surface area contributed by atoms with E-state index < -0.39 is 132 Å². The number of nitrogens with two attached hydrogens (primary N) is 6.